The second-order valence-corrected chi connectivity index (χ2v) is 7.06. The van der Waals surface area contributed by atoms with Crippen LogP contribution in [0.5, 0.6) is 5.75 Å². The highest BCUT2D eigenvalue weighted by Gasteiger charge is 2.33. The van der Waals surface area contributed by atoms with E-state index in [1.165, 1.54) is 4.90 Å². The molecule has 1 N–H and O–H groups in total. The summed E-state index contributed by atoms with van der Waals surface area (Å²) >= 11 is 0. The van der Waals surface area contributed by atoms with Gasteiger partial charge in [0.1, 0.15) is 15.6 Å². The number of fused-ring (bicyclic) bond motifs is 1. The summed E-state index contributed by atoms with van der Waals surface area (Å²) in [5, 5.41) is 9.06. The van der Waals surface area contributed by atoms with Gasteiger partial charge in [0.05, 0.1) is 18.0 Å². The van der Waals surface area contributed by atoms with Gasteiger partial charge in [-0.15, -0.1) is 0 Å². The maximum Gasteiger partial charge on any atom is 0.346 e. The molecule has 1 amide bonds. The average molecular weight is 313 g/mol. The third kappa shape index (κ3) is 3.72. The lowest BCUT2D eigenvalue weighted by molar-refractivity contribution is -0.145. The minimum absolute atomic E-state index is 0.144. The quantitative estimate of drug-likeness (QED) is 0.858. The molecule has 8 heteroatoms. The van der Waals surface area contributed by atoms with E-state index in [0.717, 1.165) is 6.26 Å². The molecule has 2 rings (SSSR count). The van der Waals surface area contributed by atoms with E-state index in [9.17, 15) is 18.0 Å². The van der Waals surface area contributed by atoms with Gasteiger partial charge < -0.3 is 14.7 Å². The zero-order valence-electron chi connectivity index (χ0n) is 11.4. The van der Waals surface area contributed by atoms with E-state index in [1.807, 2.05) is 0 Å². The van der Waals surface area contributed by atoms with E-state index in [4.69, 9.17) is 9.84 Å². The molecule has 0 fully saturated rings. The number of carboxylic acid groups (broad SMARTS) is 1. The van der Waals surface area contributed by atoms with E-state index in [1.54, 1.807) is 24.3 Å². The minimum Gasteiger partial charge on any atom is -0.478 e. The summed E-state index contributed by atoms with van der Waals surface area (Å²) < 4.78 is 27.6. The Bertz CT molecular complexity index is 669. The molecule has 1 unspecified atom stereocenters. The highest BCUT2D eigenvalue weighted by Crippen LogP contribution is 2.33. The molecule has 0 spiro atoms. The Morgan fingerprint density at radius 1 is 1.38 bits per heavy atom. The highest BCUT2D eigenvalue weighted by atomic mass is 32.2. The number of ether oxygens (including phenoxy) is 1. The van der Waals surface area contributed by atoms with Crippen LogP contribution in [0, 0.1) is 0 Å². The molecule has 1 aliphatic heterocycles. The molecule has 1 aliphatic rings. The zero-order valence-corrected chi connectivity index (χ0v) is 12.2. The number of nitrogens with zero attached hydrogens (tertiary/aromatic N) is 1. The van der Waals surface area contributed by atoms with E-state index in [-0.39, 0.29) is 18.7 Å². The van der Waals surface area contributed by atoms with Gasteiger partial charge >= 0.3 is 5.97 Å². The lowest BCUT2D eigenvalue weighted by atomic mass is 10.1. The predicted molar refractivity (Wildman–Crippen MR) is 75.2 cm³/mol. The Hall–Kier alpha value is -2.09. The fraction of sp³-hybridized carbons (Fsp3) is 0.385. The third-order valence-electron chi connectivity index (χ3n) is 3.04. The van der Waals surface area contributed by atoms with Crippen molar-refractivity contribution in [3.63, 3.8) is 0 Å². The molecule has 0 saturated carbocycles. The topological polar surface area (TPSA) is 101 Å². The monoisotopic (exact) mass is 313 g/mol. The molecule has 0 radical (unpaired) electrons. The number of para-hydroxylation sites is 2. The van der Waals surface area contributed by atoms with Crippen LogP contribution in [0.4, 0.5) is 5.69 Å². The van der Waals surface area contributed by atoms with Gasteiger partial charge in [0, 0.05) is 12.7 Å². The number of hydrogen-bond acceptors (Lipinski definition) is 5. The molecule has 1 heterocycles. The number of hydrogen-bond donors (Lipinski definition) is 1. The Kier molecular flexibility index (Phi) is 4.17. The number of benzene rings is 1. The zero-order chi connectivity index (χ0) is 15.6. The molecule has 0 saturated heterocycles. The van der Waals surface area contributed by atoms with Crippen LogP contribution in [-0.4, -0.2) is 50.1 Å². The summed E-state index contributed by atoms with van der Waals surface area (Å²) in [4.78, 5) is 24.5. The lowest BCUT2D eigenvalue weighted by Crippen LogP contribution is -2.47. The molecular weight excluding hydrogens is 298 g/mol. The molecule has 1 aromatic rings. The van der Waals surface area contributed by atoms with Gasteiger partial charge in [-0.25, -0.2) is 13.2 Å². The second-order valence-electron chi connectivity index (χ2n) is 4.80. The van der Waals surface area contributed by atoms with Crippen molar-refractivity contribution in [2.75, 3.05) is 23.5 Å². The first-order valence-corrected chi connectivity index (χ1v) is 8.30. The molecule has 1 aromatic carbocycles. The third-order valence-corrected chi connectivity index (χ3v) is 3.98. The summed E-state index contributed by atoms with van der Waals surface area (Å²) in [6.45, 7) is -0.144. The molecule has 7 nitrogen and oxygen atoms in total. The van der Waals surface area contributed by atoms with Gasteiger partial charge in [0.25, 0.3) is 0 Å². The van der Waals surface area contributed by atoms with Crippen molar-refractivity contribution in [1.82, 2.24) is 0 Å². The van der Waals surface area contributed by atoms with Crippen LogP contribution >= 0.6 is 0 Å². The van der Waals surface area contributed by atoms with E-state index in [0.29, 0.717) is 11.4 Å². The highest BCUT2D eigenvalue weighted by molar-refractivity contribution is 7.90. The number of anilines is 1. The Labute approximate surface area is 122 Å². The largest absolute Gasteiger partial charge is 0.478 e. The van der Waals surface area contributed by atoms with E-state index >= 15 is 0 Å². The molecule has 1 atom stereocenters. The van der Waals surface area contributed by atoms with Crippen molar-refractivity contribution in [1.29, 1.82) is 0 Å². The normalized spacial score (nSPS) is 17.8. The van der Waals surface area contributed by atoms with Crippen LogP contribution in [0.1, 0.15) is 6.42 Å². The van der Waals surface area contributed by atoms with Crippen molar-refractivity contribution in [2.45, 2.75) is 12.5 Å². The van der Waals surface area contributed by atoms with E-state index in [2.05, 4.69) is 0 Å². The first kappa shape index (κ1) is 15.3. The first-order chi connectivity index (χ1) is 9.78. The van der Waals surface area contributed by atoms with Gasteiger partial charge in [-0.1, -0.05) is 12.1 Å². The second kappa shape index (κ2) is 5.72. The van der Waals surface area contributed by atoms with E-state index < -0.39 is 27.8 Å². The Morgan fingerprint density at radius 3 is 2.67 bits per heavy atom. The van der Waals surface area contributed by atoms with Crippen LogP contribution < -0.4 is 9.64 Å². The predicted octanol–water partition coefficient (Wildman–Crippen LogP) is 0.300. The fourth-order valence-electron chi connectivity index (χ4n) is 2.01. The smallest absolute Gasteiger partial charge is 0.346 e. The van der Waals surface area contributed by atoms with Crippen LogP contribution in [0.25, 0.3) is 0 Å². The van der Waals surface area contributed by atoms with Gasteiger partial charge in [0.2, 0.25) is 12.0 Å². The van der Waals surface area contributed by atoms with Crippen molar-refractivity contribution in [3.05, 3.63) is 24.3 Å². The van der Waals surface area contributed by atoms with Gasteiger partial charge in [0.15, 0.2) is 0 Å². The molecule has 0 bridgehead atoms. The molecule has 114 valence electrons. The van der Waals surface area contributed by atoms with Crippen molar-refractivity contribution in [2.24, 2.45) is 0 Å². The number of sulfone groups is 1. The van der Waals surface area contributed by atoms with Gasteiger partial charge in [-0.05, 0) is 12.1 Å². The van der Waals surface area contributed by atoms with Crippen LogP contribution in [0.3, 0.4) is 0 Å². The molecule has 21 heavy (non-hydrogen) atoms. The number of aliphatic carboxylic acids is 1. The summed E-state index contributed by atoms with van der Waals surface area (Å²) in [7, 11) is -3.26. The fourth-order valence-corrected chi connectivity index (χ4v) is 2.55. The lowest BCUT2D eigenvalue weighted by Gasteiger charge is -2.33. The summed E-state index contributed by atoms with van der Waals surface area (Å²) in [6, 6.07) is 6.56. The number of rotatable bonds is 4. The number of carboxylic acids is 1. The SMILES string of the molecule is CS(=O)(=O)CCC(=O)N1CC(C(=O)O)Oc2ccccc21. The van der Waals surface area contributed by atoms with Crippen molar-refractivity contribution in [3.8, 4) is 5.75 Å². The Balaban J connectivity index is 2.25. The first-order valence-electron chi connectivity index (χ1n) is 6.24. The summed E-state index contributed by atoms with van der Waals surface area (Å²) in [5.41, 5.74) is 0.452. The standard InChI is InChI=1S/C13H15NO6S/c1-21(18,19)7-6-12(15)14-8-11(13(16)17)20-10-5-3-2-4-9(10)14/h2-5,11H,6-8H2,1H3,(H,16,17). The molecule has 0 aromatic heterocycles. The number of carbonyl (C=O) groups excluding carboxylic acids is 1. The van der Waals surface area contributed by atoms with Crippen molar-refractivity contribution >= 4 is 27.4 Å². The summed E-state index contributed by atoms with van der Waals surface area (Å²) in [6.07, 6.45) is -0.310. The van der Waals surface area contributed by atoms with Crippen LogP contribution in [-0.2, 0) is 19.4 Å². The maximum absolute atomic E-state index is 12.2. The number of amides is 1. The van der Waals surface area contributed by atoms with Gasteiger partial charge in [-0.2, -0.15) is 0 Å². The molecule has 0 aliphatic carbocycles. The molecular formula is C13H15NO6S. The maximum atomic E-state index is 12.2. The Morgan fingerprint density at radius 2 is 2.05 bits per heavy atom. The average Bonchev–Trinajstić information content (AvgIpc) is 2.42. The minimum atomic E-state index is -3.26. The van der Waals surface area contributed by atoms with Crippen LogP contribution in [0.2, 0.25) is 0 Å². The van der Waals surface area contributed by atoms with Gasteiger partial charge in [-0.3, -0.25) is 4.79 Å². The van der Waals surface area contributed by atoms with Crippen LogP contribution in [0.15, 0.2) is 24.3 Å². The summed E-state index contributed by atoms with van der Waals surface area (Å²) in [5.74, 6) is -1.60. The number of carbonyl (C=O) groups is 2. The van der Waals surface area contributed by atoms with Crippen molar-refractivity contribution < 1.29 is 27.9 Å².